The number of hydrogen-bond donors (Lipinski definition) is 1. The second-order valence-corrected chi connectivity index (χ2v) is 5.64. The van der Waals surface area contributed by atoms with Crippen molar-refractivity contribution in [2.45, 2.75) is 0 Å². The molecule has 0 radical (unpaired) electrons. The lowest BCUT2D eigenvalue weighted by atomic mass is 10.1. The highest BCUT2D eigenvalue weighted by Gasteiger charge is 2.11. The van der Waals surface area contributed by atoms with Crippen LogP contribution < -0.4 is 5.73 Å². The van der Waals surface area contributed by atoms with Crippen molar-refractivity contribution < 1.29 is 9.53 Å². The first-order valence-corrected chi connectivity index (χ1v) is 8.03. The number of nitrogens with two attached hydrogens (primary N) is 1. The van der Waals surface area contributed by atoms with Gasteiger partial charge in [0.25, 0.3) is 0 Å². The van der Waals surface area contributed by atoms with Crippen molar-refractivity contribution in [3.63, 3.8) is 0 Å². The summed E-state index contributed by atoms with van der Waals surface area (Å²) in [5.74, 6) is 0.0258. The summed E-state index contributed by atoms with van der Waals surface area (Å²) in [6.07, 6.45) is 1.80. The van der Waals surface area contributed by atoms with Gasteiger partial charge in [-0.3, -0.25) is 0 Å². The molecule has 0 spiro atoms. The van der Waals surface area contributed by atoms with E-state index >= 15 is 0 Å². The average Bonchev–Trinajstić information content (AvgIpc) is 2.59. The Morgan fingerprint density at radius 3 is 2.35 bits per heavy atom. The molecule has 118 valence electrons. The molecule has 0 fully saturated rings. The molecular formula is C18H18N2O2S. The maximum atomic E-state index is 11.9. The van der Waals surface area contributed by atoms with E-state index in [2.05, 4.69) is 4.99 Å². The van der Waals surface area contributed by atoms with Crippen LogP contribution in [-0.2, 0) is 9.53 Å². The lowest BCUT2D eigenvalue weighted by Gasteiger charge is -2.06. The molecule has 2 rings (SSSR count). The predicted octanol–water partition coefficient (Wildman–Crippen LogP) is 3.62. The number of para-hydroxylation sites is 1. The minimum absolute atomic E-state index is 0.367. The number of ether oxygens (including phenoxy) is 1. The molecule has 0 aliphatic heterocycles. The van der Waals surface area contributed by atoms with Gasteiger partial charge < -0.3 is 10.5 Å². The van der Waals surface area contributed by atoms with Crippen LogP contribution in [0.1, 0.15) is 5.56 Å². The average molecular weight is 326 g/mol. The molecule has 2 aromatic rings. The van der Waals surface area contributed by atoms with Gasteiger partial charge in [-0.15, -0.1) is 0 Å². The molecule has 0 bridgehead atoms. The largest absolute Gasteiger partial charge is 0.466 e. The second kappa shape index (κ2) is 8.80. The molecule has 0 saturated heterocycles. The lowest BCUT2D eigenvalue weighted by molar-refractivity contribution is -0.135. The highest BCUT2D eigenvalue weighted by Crippen LogP contribution is 2.17. The van der Waals surface area contributed by atoms with Crippen LogP contribution in [0.2, 0.25) is 0 Å². The summed E-state index contributed by atoms with van der Waals surface area (Å²) in [5.41, 5.74) is 8.18. The Kier molecular flexibility index (Phi) is 6.44. The first-order chi connectivity index (χ1) is 11.2. The SMILES string of the molecule is COC(=O)/C(=C/c1ccccc1)CSC(N)=Nc1ccccc1. The van der Waals surface area contributed by atoms with Crippen molar-refractivity contribution in [1.82, 2.24) is 0 Å². The fourth-order valence-corrected chi connectivity index (χ4v) is 2.53. The van der Waals surface area contributed by atoms with Gasteiger partial charge in [0.15, 0.2) is 5.17 Å². The summed E-state index contributed by atoms with van der Waals surface area (Å²) < 4.78 is 4.83. The number of amidine groups is 1. The zero-order valence-electron chi connectivity index (χ0n) is 12.8. The Morgan fingerprint density at radius 1 is 1.13 bits per heavy atom. The van der Waals surface area contributed by atoms with Crippen molar-refractivity contribution in [3.05, 3.63) is 71.8 Å². The Hall–Kier alpha value is -2.53. The molecule has 2 aromatic carbocycles. The second-order valence-electron chi connectivity index (χ2n) is 4.65. The standard InChI is InChI=1S/C18H18N2O2S/c1-22-17(21)15(12-14-8-4-2-5-9-14)13-23-18(19)20-16-10-6-3-7-11-16/h2-12H,13H2,1H3,(H2,19,20)/b15-12+. The van der Waals surface area contributed by atoms with Gasteiger partial charge in [-0.25, -0.2) is 9.79 Å². The zero-order valence-corrected chi connectivity index (χ0v) is 13.6. The number of rotatable bonds is 5. The van der Waals surface area contributed by atoms with Crippen LogP contribution in [0.15, 0.2) is 71.2 Å². The number of esters is 1. The first kappa shape index (κ1) is 16.8. The van der Waals surface area contributed by atoms with Crippen LogP contribution in [0.5, 0.6) is 0 Å². The Balaban J connectivity index is 2.08. The maximum absolute atomic E-state index is 11.9. The highest BCUT2D eigenvalue weighted by molar-refractivity contribution is 8.14. The Bertz CT molecular complexity index is 697. The van der Waals surface area contributed by atoms with E-state index in [0.29, 0.717) is 16.5 Å². The summed E-state index contributed by atoms with van der Waals surface area (Å²) in [4.78, 5) is 16.2. The maximum Gasteiger partial charge on any atom is 0.334 e. The molecule has 0 aliphatic rings. The van der Waals surface area contributed by atoms with Crippen LogP contribution in [0, 0.1) is 0 Å². The third kappa shape index (κ3) is 5.64. The molecule has 0 heterocycles. The van der Waals surface area contributed by atoms with E-state index in [1.54, 1.807) is 6.08 Å². The molecule has 0 amide bonds. The summed E-state index contributed by atoms with van der Waals surface area (Å²) in [7, 11) is 1.37. The van der Waals surface area contributed by atoms with Crippen molar-refractivity contribution in [3.8, 4) is 0 Å². The number of hydrogen-bond acceptors (Lipinski definition) is 4. The molecule has 0 saturated carbocycles. The van der Waals surface area contributed by atoms with E-state index in [-0.39, 0.29) is 5.97 Å². The summed E-state index contributed by atoms with van der Waals surface area (Å²) in [5, 5.41) is 0.402. The van der Waals surface area contributed by atoms with E-state index in [4.69, 9.17) is 10.5 Å². The van der Waals surface area contributed by atoms with Gasteiger partial charge >= 0.3 is 5.97 Å². The highest BCUT2D eigenvalue weighted by atomic mass is 32.2. The van der Waals surface area contributed by atoms with Crippen LogP contribution in [0.25, 0.3) is 6.08 Å². The van der Waals surface area contributed by atoms with Gasteiger partial charge in [0.05, 0.1) is 12.8 Å². The normalized spacial score (nSPS) is 12.0. The van der Waals surface area contributed by atoms with Crippen molar-refractivity contribution >= 4 is 34.7 Å². The van der Waals surface area contributed by atoms with E-state index < -0.39 is 0 Å². The summed E-state index contributed by atoms with van der Waals surface area (Å²) in [6, 6.07) is 19.1. The number of nitrogens with zero attached hydrogens (tertiary/aromatic N) is 1. The first-order valence-electron chi connectivity index (χ1n) is 7.05. The quantitative estimate of drug-likeness (QED) is 0.394. The number of methoxy groups -OCH3 is 1. The third-order valence-corrected chi connectivity index (χ3v) is 3.80. The molecule has 0 aliphatic carbocycles. The molecule has 4 nitrogen and oxygen atoms in total. The van der Waals surface area contributed by atoms with Crippen LogP contribution in [0.3, 0.4) is 0 Å². The predicted molar refractivity (Wildman–Crippen MR) is 96.6 cm³/mol. The van der Waals surface area contributed by atoms with Gasteiger partial charge in [-0.2, -0.15) is 0 Å². The van der Waals surface area contributed by atoms with E-state index in [9.17, 15) is 4.79 Å². The lowest BCUT2D eigenvalue weighted by Crippen LogP contribution is -2.12. The van der Waals surface area contributed by atoms with Crippen LogP contribution >= 0.6 is 11.8 Å². The number of carbonyl (C=O) groups is 1. The minimum atomic E-state index is -0.367. The van der Waals surface area contributed by atoms with Crippen LogP contribution in [-0.4, -0.2) is 24.0 Å². The van der Waals surface area contributed by atoms with Gasteiger partial charge in [0, 0.05) is 11.3 Å². The topological polar surface area (TPSA) is 64.7 Å². The van der Waals surface area contributed by atoms with Gasteiger partial charge in [0.1, 0.15) is 0 Å². The number of aliphatic imine (C=N–C) groups is 1. The van der Waals surface area contributed by atoms with Crippen molar-refractivity contribution in [1.29, 1.82) is 0 Å². The minimum Gasteiger partial charge on any atom is -0.466 e. The number of thioether (sulfide) groups is 1. The van der Waals surface area contributed by atoms with E-state index in [1.807, 2.05) is 60.7 Å². The molecule has 5 heteroatoms. The monoisotopic (exact) mass is 326 g/mol. The van der Waals surface area contributed by atoms with Crippen molar-refractivity contribution in [2.75, 3.05) is 12.9 Å². The van der Waals surface area contributed by atoms with Gasteiger partial charge in [0.2, 0.25) is 0 Å². The smallest absolute Gasteiger partial charge is 0.334 e. The molecule has 2 N–H and O–H groups in total. The van der Waals surface area contributed by atoms with Crippen LogP contribution in [0.4, 0.5) is 5.69 Å². The molecule has 0 aromatic heterocycles. The number of carbonyl (C=O) groups excluding carboxylic acids is 1. The number of benzene rings is 2. The van der Waals surface area contributed by atoms with Crippen molar-refractivity contribution in [2.24, 2.45) is 10.7 Å². The molecule has 0 atom stereocenters. The van der Waals surface area contributed by atoms with E-state index in [0.717, 1.165) is 11.3 Å². The third-order valence-electron chi connectivity index (χ3n) is 2.96. The molecular weight excluding hydrogens is 308 g/mol. The summed E-state index contributed by atoms with van der Waals surface area (Å²) in [6.45, 7) is 0. The Morgan fingerprint density at radius 2 is 1.74 bits per heavy atom. The fraction of sp³-hybridized carbons (Fsp3) is 0.111. The summed E-state index contributed by atoms with van der Waals surface area (Å²) >= 11 is 1.30. The molecule has 0 unspecified atom stereocenters. The Labute approximate surface area is 140 Å². The van der Waals surface area contributed by atoms with E-state index in [1.165, 1.54) is 18.9 Å². The fourth-order valence-electron chi connectivity index (χ4n) is 1.85. The molecule has 23 heavy (non-hydrogen) atoms. The van der Waals surface area contributed by atoms with Gasteiger partial charge in [-0.1, -0.05) is 60.3 Å². The van der Waals surface area contributed by atoms with Gasteiger partial charge in [-0.05, 0) is 23.8 Å². The zero-order chi connectivity index (χ0) is 16.5.